The summed E-state index contributed by atoms with van der Waals surface area (Å²) in [5, 5.41) is 9.76. The first-order chi connectivity index (χ1) is 16.1. The first kappa shape index (κ1) is 24.6. The van der Waals surface area contributed by atoms with Crippen molar-refractivity contribution in [3.8, 4) is 16.9 Å². The maximum atomic E-state index is 13.8. The number of benzene rings is 2. The molecule has 0 saturated heterocycles. The van der Waals surface area contributed by atoms with Crippen LogP contribution in [0.1, 0.15) is 26.7 Å². The van der Waals surface area contributed by atoms with E-state index in [9.17, 15) is 22.7 Å². The second-order valence-electron chi connectivity index (χ2n) is 9.40. The smallest absolute Gasteiger partial charge is 0.247 e. The highest BCUT2D eigenvalue weighted by molar-refractivity contribution is 7.89. The molecule has 0 unspecified atom stereocenters. The third-order valence-corrected chi connectivity index (χ3v) is 8.60. The van der Waals surface area contributed by atoms with Crippen LogP contribution >= 0.6 is 0 Å². The summed E-state index contributed by atoms with van der Waals surface area (Å²) in [6, 6.07) is 10.1. The van der Waals surface area contributed by atoms with Crippen molar-refractivity contribution in [1.29, 1.82) is 0 Å². The number of hydrogen-bond acceptors (Lipinski definition) is 5. The molecule has 2 aromatic carbocycles. The lowest BCUT2D eigenvalue weighted by atomic mass is 10.0. The molecule has 34 heavy (non-hydrogen) atoms. The van der Waals surface area contributed by atoms with Gasteiger partial charge in [0.25, 0.3) is 0 Å². The summed E-state index contributed by atoms with van der Waals surface area (Å²) in [6.45, 7) is 3.67. The normalized spacial score (nSPS) is 23.2. The summed E-state index contributed by atoms with van der Waals surface area (Å²) in [5.41, 5.74) is 1.21. The Balaban J connectivity index is 1.77. The van der Waals surface area contributed by atoms with Crippen LogP contribution < -0.4 is 4.74 Å². The number of aliphatic hydroxyl groups is 1. The monoisotopic (exact) mass is 490 g/mol. The van der Waals surface area contributed by atoms with Crippen LogP contribution in [0.3, 0.4) is 0 Å². The summed E-state index contributed by atoms with van der Waals surface area (Å²) < 4.78 is 48.6. The minimum atomic E-state index is -3.97. The molecule has 1 aliphatic carbocycles. The number of carbonyl (C=O) groups is 1. The van der Waals surface area contributed by atoms with Gasteiger partial charge in [0.05, 0.1) is 13.2 Å². The number of fused-ring (bicyclic) bond motifs is 1. The average molecular weight is 491 g/mol. The number of halogens is 1. The Bertz CT molecular complexity index is 1170. The third-order valence-electron chi connectivity index (χ3n) is 6.58. The largest absolute Gasteiger partial charge is 0.487 e. The van der Waals surface area contributed by atoms with Gasteiger partial charge < -0.3 is 14.7 Å². The Hall–Kier alpha value is -2.49. The Kier molecular flexibility index (Phi) is 6.98. The molecule has 0 radical (unpaired) electrons. The minimum absolute atomic E-state index is 0.0129. The second-order valence-corrected chi connectivity index (χ2v) is 11.3. The zero-order valence-electron chi connectivity index (χ0n) is 19.6. The van der Waals surface area contributed by atoms with Crippen molar-refractivity contribution in [1.82, 2.24) is 9.21 Å². The standard InChI is InChI=1S/C25H31FN2O5S/c1-16-13-28(17(2)15-29)34(31,32)24-10-9-20(19-5-4-6-21(26)11-19)12-22(24)33-23(16)14-27(3)25(30)18-7-8-18/h4-6,9-12,16-18,23,29H,7-8,13-15H2,1-3H3/t16-,17-,23+/m1/s1. The second kappa shape index (κ2) is 9.64. The van der Waals surface area contributed by atoms with Gasteiger partial charge in [-0.3, -0.25) is 4.79 Å². The molecule has 0 aromatic heterocycles. The molecule has 1 N–H and O–H groups in total. The Morgan fingerprint density at radius 3 is 2.59 bits per heavy atom. The molecular weight excluding hydrogens is 459 g/mol. The average Bonchev–Trinajstić information content (AvgIpc) is 3.65. The van der Waals surface area contributed by atoms with Gasteiger partial charge in [-0.15, -0.1) is 0 Å². The van der Waals surface area contributed by atoms with Crippen molar-refractivity contribution in [2.24, 2.45) is 11.8 Å². The molecule has 0 spiro atoms. The first-order valence-electron chi connectivity index (χ1n) is 11.6. The predicted molar refractivity (Wildman–Crippen MR) is 126 cm³/mol. The maximum Gasteiger partial charge on any atom is 0.247 e. The molecule has 184 valence electrons. The van der Waals surface area contributed by atoms with Gasteiger partial charge >= 0.3 is 0 Å². The maximum absolute atomic E-state index is 13.8. The van der Waals surface area contributed by atoms with Crippen molar-refractivity contribution < 1.29 is 27.4 Å². The molecule has 4 rings (SSSR count). The Morgan fingerprint density at radius 1 is 1.24 bits per heavy atom. The first-order valence-corrected chi connectivity index (χ1v) is 13.0. The summed E-state index contributed by atoms with van der Waals surface area (Å²) >= 11 is 0. The van der Waals surface area contributed by atoms with Crippen LogP contribution in [0.5, 0.6) is 5.75 Å². The van der Waals surface area contributed by atoms with Crippen LogP contribution in [-0.4, -0.2) is 67.5 Å². The molecule has 1 heterocycles. The fourth-order valence-corrected chi connectivity index (χ4v) is 6.12. The van der Waals surface area contributed by atoms with Crippen LogP contribution in [0, 0.1) is 17.7 Å². The number of nitrogens with zero attached hydrogens (tertiary/aromatic N) is 2. The number of ether oxygens (including phenoxy) is 1. The van der Waals surface area contributed by atoms with Gasteiger partial charge in [0, 0.05) is 31.5 Å². The highest BCUT2D eigenvalue weighted by Crippen LogP contribution is 2.37. The van der Waals surface area contributed by atoms with Gasteiger partial charge in [-0.2, -0.15) is 4.31 Å². The van der Waals surface area contributed by atoms with E-state index >= 15 is 0 Å². The van der Waals surface area contributed by atoms with Gasteiger partial charge in [0.15, 0.2) is 0 Å². The Morgan fingerprint density at radius 2 is 1.94 bits per heavy atom. The minimum Gasteiger partial charge on any atom is -0.487 e. The predicted octanol–water partition coefficient (Wildman–Crippen LogP) is 3.13. The van der Waals surface area contributed by atoms with Gasteiger partial charge in [-0.25, -0.2) is 12.8 Å². The zero-order valence-corrected chi connectivity index (χ0v) is 20.5. The van der Waals surface area contributed by atoms with Crippen molar-refractivity contribution in [2.75, 3.05) is 26.7 Å². The van der Waals surface area contributed by atoms with Gasteiger partial charge in [-0.1, -0.05) is 25.1 Å². The summed E-state index contributed by atoms with van der Waals surface area (Å²) in [4.78, 5) is 14.2. The molecule has 2 aliphatic rings. The highest BCUT2D eigenvalue weighted by Gasteiger charge is 2.39. The molecule has 0 bridgehead atoms. The number of carbonyl (C=O) groups excluding carboxylic acids is 1. The SMILES string of the molecule is C[C@@H]1CN([C@H](C)CO)S(=O)(=O)c2ccc(-c3cccc(F)c3)cc2O[C@H]1CN(C)C(=O)C1CC1. The van der Waals surface area contributed by atoms with Crippen molar-refractivity contribution >= 4 is 15.9 Å². The van der Waals surface area contributed by atoms with E-state index < -0.39 is 28.0 Å². The molecule has 9 heteroatoms. The van der Waals surface area contributed by atoms with Crippen molar-refractivity contribution in [3.63, 3.8) is 0 Å². The zero-order chi connectivity index (χ0) is 24.6. The van der Waals surface area contributed by atoms with E-state index in [1.165, 1.54) is 22.5 Å². The number of likely N-dealkylation sites (N-methyl/N-ethyl adjacent to an activating group) is 1. The molecule has 1 aliphatic heterocycles. The van der Waals surface area contributed by atoms with Crippen LogP contribution in [0.25, 0.3) is 11.1 Å². The van der Waals surface area contributed by atoms with E-state index in [1.807, 2.05) is 6.92 Å². The van der Waals surface area contributed by atoms with Gasteiger partial charge in [0.2, 0.25) is 15.9 Å². The van der Waals surface area contributed by atoms with Crippen LogP contribution in [0.2, 0.25) is 0 Å². The summed E-state index contributed by atoms with van der Waals surface area (Å²) in [6.07, 6.45) is 1.31. The number of aliphatic hydroxyl groups excluding tert-OH is 1. The number of rotatable bonds is 6. The lowest BCUT2D eigenvalue weighted by Gasteiger charge is -2.37. The third kappa shape index (κ3) is 4.96. The molecule has 1 saturated carbocycles. The van der Waals surface area contributed by atoms with Crippen molar-refractivity contribution in [3.05, 3.63) is 48.3 Å². The Labute approximate surface area is 200 Å². The fourth-order valence-electron chi connectivity index (χ4n) is 4.29. The topological polar surface area (TPSA) is 87.2 Å². The fraction of sp³-hybridized carbons (Fsp3) is 0.480. The van der Waals surface area contributed by atoms with E-state index in [1.54, 1.807) is 43.1 Å². The number of sulfonamides is 1. The van der Waals surface area contributed by atoms with E-state index in [-0.39, 0.29) is 41.5 Å². The van der Waals surface area contributed by atoms with Crippen LogP contribution in [-0.2, 0) is 14.8 Å². The summed E-state index contributed by atoms with van der Waals surface area (Å²) in [7, 11) is -2.23. The molecule has 1 amide bonds. The molecule has 3 atom stereocenters. The van der Waals surface area contributed by atoms with Gasteiger partial charge in [0.1, 0.15) is 22.6 Å². The van der Waals surface area contributed by atoms with Crippen LogP contribution in [0.4, 0.5) is 4.39 Å². The molecule has 1 fully saturated rings. The lowest BCUT2D eigenvalue weighted by molar-refractivity contribution is -0.132. The number of hydrogen-bond donors (Lipinski definition) is 1. The number of amides is 1. The van der Waals surface area contributed by atoms with Crippen LogP contribution in [0.15, 0.2) is 47.4 Å². The van der Waals surface area contributed by atoms with E-state index in [2.05, 4.69) is 0 Å². The van der Waals surface area contributed by atoms with E-state index in [4.69, 9.17) is 4.74 Å². The van der Waals surface area contributed by atoms with E-state index in [0.717, 1.165) is 12.8 Å². The molecular formula is C25H31FN2O5S. The molecule has 2 aromatic rings. The summed E-state index contributed by atoms with van der Waals surface area (Å²) in [5.74, 6) is -0.371. The quantitative estimate of drug-likeness (QED) is 0.672. The highest BCUT2D eigenvalue weighted by atomic mass is 32.2. The van der Waals surface area contributed by atoms with E-state index in [0.29, 0.717) is 17.7 Å². The lowest BCUT2D eigenvalue weighted by Crippen LogP contribution is -2.50. The van der Waals surface area contributed by atoms with Crippen molar-refractivity contribution in [2.45, 2.75) is 43.7 Å². The molecule has 7 nitrogen and oxygen atoms in total. The van der Waals surface area contributed by atoms with Gasteiger partial charge in [-0.05, 0) is 55.2 Å².